The van der Waals surface area contributed by atoms with Crippen LogP contribution in [0.1, 0.15) is 12.0 Å². The number of thioether (sulfide) groups is 1. The predicted octanol–water partition coefficient (Wildman–Crippen LogP) is 1.81. The zero-order valence-electron chi connectivity index (χ0n) is 10.6. The molecule has 0 fully saturated rings. The molecule has 0 saturated carbocycles. The fraction of sp³-hybridized carbons (Fsp3) is 0.286. The highest BCUT2D eigenvalue weighted by atomic mass is 32.2. The van der Waals surface area contributed by atoms with Crippen molar-refractivity contribution < 1.29 is 5.11 Å². The van der Waals surface area contributed by atoms with Gasteiger partial charge in [-0.05, 0) is 12.0 Å². The normalized spacial score (nSPS) is 14.0. The number of hydrogen-bond acceptors (Lipinski definition) is 5. The molecule has 0 aliphatic carbocycles. The molecule has 0 radical (unpaired) electrons. The van der Waals surface area contributed by atoms with Crippen LogP contribution >= 0.6 is 11.8 Å². The largest absolute Gasteiger partial charge is 0.384 e. The van der Waals surface area contributed by atoms with Crippen LogP contribution in [-0.4, -0.2) is 27.4 Å². The molecule has 0 amide bonds. The summed E-state index contributed by atoms with van der Waals surface area (Å²) in [6.45, 7) is 0.206. The van der Waals surface area contributed by atoms with Crippen molar-refractivity contribution in [3.63, 3.8) is 0 Å². The van der Waals surface area contributed by atoms with E-state index in [1.54, 1.807) is 30.4 Å². The molecule has 0 spiro atoms. The Balaban J connectivity index is 1.96. The van der Waals surface area contributed by atoms with Gasteiger partial charge in [0.25, 0.3) is 0 Å². The van der Waals surface area contributed by atoms with Gasteiger partial charge in [0.05, 0.1) is 6.20 Å². The van der Waals surface area contributed by atoms with E-state index in [2.05, 4.69) is 9.97 Å². The molecule has 19 heavy (non-hydrogen) atoms. The minimum absolute atomic E-state index is 0.206. The summed E-state index contributed by atoms with van der Waals surface area (Å²) in [7, 11) is 0. The first-order chi connectivity index (χ1) is 9.24. The smallest absolute Gasteiger partial charge is 0.114 e. The van der Waals surface area contributed by atoms with Crippen molar-refractivity contribution in [2.24, 2.45) is 5.73 Å². The molecule has 0 aliphatic rings. The summed E-state index contributed by atoms with van der Waals surface area (Å²) >= 11 is 1.57. The summed E-state index contributed by atoms with van der Waals surface area (Å²) in [5.74, 6) is 0.737. The van der Waals surface area contributed by atoms with Crippen LogP contribution < -0.4 is 5.73 Å². The van der Waals surface area contributed by atoms with E-state index in [1.165, 1.54) is 0 Å². The van der Waals surface area contributed by atoms with E-state index < -0.39 is 5.60 Å². The Morgan fingerprint density at radius 2 is 2.00 bits per heavy atom. The predicted molar refractivity (Wildman–Crippen MR) is 76.8 cm³/mol. The third-order valence-corrected chi connectivity index (χ3v) is 3.87. The first-order valence-electron chi connectivity index (χ1n) is 6.11. The Morgan fingerprint density at radius 3 is 2.63 bits per heavy atom. The number of benzene rings is 1. The van der Waals surface area contributed by atoms with Gasteiger partial charge in [-0.2, -0.15) is 0 Å². The van der Waals surface area contributed by atoms with Crippen LogP contribution in [0.2, 0.25) is 0 Å². The van der Waals surface area contributed by atoms with E-state index in [0.717, 1.165) is 16.3 Å². The molecule has 0 aliphatic heterocycles. The van der Waals surface area contributed by atoms with E-state index in [0.29, 0.717) is 6.42 Å². The lowest BCUT2D eigenvalue weighted by atomic mass is 9.91. The monoisotopic (exact) mass is 275 g/mol. The fourth-order valence-electron chi connectivity index (χ4n) is 1.80. The number of rotatable bonds is 6. The molecule has 3 N–H and O–H groups in total. The van der Waals surface area contributed by atoms with Crippen LogP contribution in [0, 0.1) is 0 Å². The fourth-order valence-corrected chi connectivity index (χ4v) is 2.72. The second kappa shape index (κ2) is 6.65. The SMILES string of the molecule is NCC(O)(CCSc1cnccn1)c1ccccc1. The average molecular weight is 275 g/mol. The van der Waals surface area contributed by atoms with Crippen molar-refractivity contribution in [3.8, 4) is 0 Å². The van der Waals surface area contributed by atoms with Crippen molar-refractivity contribution in [1.29, 1.82) is 0 Å². The van der Waals surface area contributed by atoms with Crippen LogP contribution in [0.15, 0.2) is 53.9 Å². The molecular formula is C14H17N3OS. The maximum absolute atomic E-state index is 10.6. The van der Waals surface area contributed by atoms with Crippen LogP contribution in [0.4, 0.5) is 0 Å². The van der Waals surface area contributed by atoms with Crippen molar-refractivity contribution in [2.75, 3.05) is 12.3 Å². The first-order valence-corrected chi connectivity index (χ1v) is 7.10. The third-order valence-electron chi connectivity index (χ3n) is 2.95. The Hall–Kier alpha value is -1.43. The molecule has 1 unspecified atom stereocenters. The van der Waals surface area contributed by atoms with Crippen LogP contribution in [0.3, 0.4) is 0 Å². The summed E-state index contributed by atoms with van der Waals surface area (Å²) in [4.78, 5) is 8.19. The molecule has 4 nitrogen and oxygen atoms in total. The van der Waals surface area contributed by atoms with Gasteiger partial charge in [0.1, 0.15) is 10.6 Å². The Labute approximate surface area is 117 Å². The van der Waals surface area contributed by atoms with Crippen molar-refractivity contribution in [2.45, 2.75) is 17.0 Å². The summed E-state index contributed by atoms with van der Waals surface area (Å²) < 4.78 is 0. The lowest BCUT2D eigenvalue weighted by Gasteiger charge is -2.26. The molecule has 1 aromatic heterocycles. The molecule has 0 bridgehead atoms. The summed E-state index contributed by atoms with van der Waals surface area (Å²) in [6.07, 6.45) is 5.60. The van der Waals surface area contributed by atoms with Gasteiger partial charge in [0.15, 0.2) is 0 Å². The van der Waals surface area contributed by atoms with E-state index >= 15 is 0 Å². The van der Waals surface area contributed by atoms with Gasteiger partial charge in [0.2, 0.25) is 0 Å². The number of nitrogens with zero attached hydrogens (tertiary/aromatic N) is 2. The number of aromatic nitrogens is 2. The highest BCUT2D eigenvalue weighted by Gasteiger charge is 2.26. The van der Waals surface area contributed by atoms with Gasteiger partial charge >= 0.3 is 0 Å². The standard InChI is InChI=1S/C14H17N3OS/c15-11-14(18,12-4-2-1-3-5-12)6-9-19-13-10-16-7-8-17-13/h1-5,7-8,10,18H,6,9,11,15H2. The van der Waals surface area contributed by atoms with Gasteiger partial charge < -0.3 is 10.8 Å². The molecular weight excluding hydrogens is 258 g/mol. The molecule has 2 rings (SSSR count). The van der Waals surface area contributed by atoms with Crippen molar-refractivity contribution >= 4 is 11.8 Å². The zero-order chi connectivity index (χ0) is 13.6. The lowest BCUT2D eigenvalue weighted by molar-refractivity contribution is 0.0431. The van der Waals surface area contributed by atoms with E-state index in [9.17, 15) is 5.11 Å². The van der Waals surface area contributed by atoms with E-state index in [-0.39, 0.29) is 6.54 Å². The lowest BCUT2D eigenvalue weighted by Crippen LogP contribution is -2.35. The zero-order valence-corrected chi connectivity index (χ0v) is 11.4. The molecule has 5 heteroatoms. The minimum Gasteiger partial charge on any atom is -0.384 e. The summed E-state index contributed by atoms with van der Waals surface area (Å²) in [5, 5.41) is 11.5. The summed E-state index contributed by atoms with van der Waals surface area (Å²) in [6, 6.07) is 9.55. The van der Waals surface area contributed by atoms with Gasteiger partial charge in [-0.1, -0.05) is 30.3 Å². The van der Waals surface area contributed by atoms with E-state index in [4.69, 9.17) is 5.73 Å². The quantitative estimate of drug-likeness (QED) is 0.787. The highest BCUT2D eigenvalue weighted by Crippen LogP contribution is 2.27. The Morgan fingerprint density at radius 1 is 1.21 bits per heavy atom. The number of aliphatic hydroxyl groups is 1. The Kier molecular flexibility index (Phi) is 4.90. The maximum atomic E-state index is 10.6. The molecule has 2 aromatic rings. The molecule has 1 heterocycles. The molecule has 1 atom stereocenters. The molecule has 100 valence electrons. The number of nitrogens with two attached hydrogens (primary N) is 1. The van der Waals surface area contributed by atoms with Crippen LogP contribution in [0.25, 0.3) is 0 Å². The van der Waals surface area contributed by atoms with Gasteiger partial charge in [0, 0.05) is 24.7 Å². The maximum Gasteiger partial charge on any atom is 0.114 e. The second-order valence-electron chi connectivity index (χ2n) is 4.24. The topological polar surface area (TPSA) is 72.0 Å². The van der Waals surface area contributed by atoms with Crippen LogP contribution in [-0.2, 0) is 5.60 Å². The number of hydrogen-bond donors (Lipinski definition) is 2. The third kappa shape index (κ3) is 3.76. The van der Waals surface area contributed by atoms with E-state index in [1.807, 2.05) is 30.3 Å². The average Bonchev–Trinajstić information content (AvgIpc) is 2.49. The van der Waals surface area contributed by atoms with Gasteiger partial charge in [-0.15, -0.1) is 11.8 Å². The molecule has 0 saturated heterocycles. The highest BCUT2D eigenvalue weighted by molar-refractivity contribution is 7.99. The summed E-state index contributed by atoms with van der Waals surface area (Å²) in [5.41, 5.74) is 5.61. The van der Waals surface area contributed by atoms with Gasteiger partial charge in [-0.3, -0.25) is 4.98 Å². The molecule has 1 aromatic carbocycles. The second-order valence-corrected chi connectivity index (χ2v) is 5.36. The van der Waals surface area contributed by atoms with Crippen molar-refractivity contribution in [1.82, 2.24) is 9.97 Å². The van der Waals surface area contributed by atoms with Gasteiger partial charge in [-0.25, -0.2) is 4.98 Å². The Bertz CT molecular complexity index is 495. The first kappa shape index (κ1) is 14.0. The van der Waals surface area contributed by atoms with Crippen molar-refractivity contribution in [3.05, 3.63) is 54.5 Å². The van der Waals surface area contributed by atoms with Crippen LogP contribution in [0.5, 0.6) is 0 Å². The minimum atomic E-state index is -0.976.